The fourth-order valence-electron chi connectivity index (χ4n) is 3.07. The summed E-state index contributed by atoms with van der Waals surface area (Å²) < 4.78 is 33.3. The maximum atomic E-state index is 13.1. The van der Waals surface area contributed by atoms with Crippen molar-refractivity contribution in [2.45, 2.75) is 43.9 Å². The summed E-state index contributed by atoms with van der Waals surface area (Å²) in [4.78, 5) is 0.474. The van der Waals surface area contributed by atoms with Crippen LogP contribution in [0.1, 0.15) is 25.0 Å². The van der Waals surface area contributed by atoms with Crippen molar-refractivity contribution in [3.63, 3.8) is 0 Å². The van der Waals surface area contributed by atoms with Gasteiger partial charge in [0.2, 0.25) is 10.0 Å². The van der Waals surface area contributed by atoms with E-state index in [4.69, 9.17) is 4.74 Å². The molecule has 0 saturated carbocycles. The van der Waals surface area contributed by atoms with Crippen molar-refractivity contribution in [3.8, 4) is 0 Å². The molecule has 1 aromatic rings. The molecule has 116 valence electrons. The summed E-state index contributed by atoms with van der Waals surface area (Å²) in [5.41, 5.74) is 2.07. The monoisotopic (exact) mass is 310 g/mol. The van der Waals surface area contributed by atoms with Crippen LogP contribution in [0.15, 0.2) is 23.1 Å². The van der Waals surface area contributed by atoms with Crippen LogP contribution in [0, 0.1) is 0 Å². The first-order valence-corrected chi connectivity index (χ1v) is 8.89. The molecule has 0 bridgehead atoms. The lowest BCUT2D eigenvalue weighted by molar-refractivity contribution is -0.0170. The maximum absolute atomic E-state index is 13.1. The molecule has 0 aliphatic carbocycles. The molecule has 0 amide bonds. The minimum Gasteiger partial charge on any atom is -0.375 e. The molecule has 1 N–H and O–H groups in total. The van der Waals surface area contributed by atoms with Crippen LogP contribution in [0.4, 0.5) is 0 Å². The number of ether oxygens (including phenoxy) is 1. The quantitative estimate of drug-likeness (QED) is 0.890. The summed E-state index contributed by atoms with van der Waals surface area (Å²) in [6, 6.07) is 5.47. The molecule has 21 heavy (non-hydrogen) atoms. The van der Waals surface area contributed by atoms with E-state index in [1.807, 2.05) is 26.0 Å². The first kappa shape index (κ1) is 15.0. The second-order valence-electron chi connectivity index (χ2n) is 5.89. The molecule has 0 aromatic heterocycles. The Labute approximate surface area is 126 Å². The molecular formula is C15H22N2O3S. The summed E-state index contributed by atoms with van der Waals surface area (Å²) >= 11 is 0. The third-order valence-corrected chi connectivity index (χ3v) is 6.30. The highest BCUT2D eigenvalue weighted by molar-refractivity contribution is 7.89. The van der Waals surface area contributed by atoms with Crippen molar-refractivity contribution < 1.29 is 13.2 Å². The van der Waals surface area contributed by atoms with Gasteiger partial charge in [-0.3, -0.25) is 0 Å². The van der Waals surface area contributed by atoms with Crippen molar-refractivity contribution in [2.24, 2.45) is 0 Å². The SMILES string of the molecule is CC1CN(S(=O)(=O)c2cccc3c2CCNC3)C(C)CO1. The lowest BCUT2D eigenvalue weighted by Crippen LogP contribution is -2.50. The Morgan fingerprint density at radius 2 is 2.14 bits per heavy atom. The van der Waals surface area contributed by atoms with Crippen molar-refractivity contribution in [3.05, 3.63) is 29.3 Å². The number of sulfonamides is 1. The summed E-state index contributed by atoms with van der Waals surface area (Å²) in [6.07, 6.45) is 0.705. The Balaban J connectivity index is 2.02. The van der Waals surface area contributed by atoms with Gasteiger partial charge in [-0.15, -0.1) is 0 Å². The number of nitrogens with zero attached hydrogens (tertiary/aromatic N) is 1. The highest BCUT2D eigenvalue weighted by Gasteiger charge is 2.35. The van der Waals surface area contributed by atoms with Crippen molar-refractivity contribution in [1.82, 2.24) is 9.62 Å². The van der Waals surface area contributed by atoms with Crippen LogP contribution in [0.5, 0.6) is 0 Å². The molecule has 2 heterocycles. The molecule has 1 fully saturated rings. The molecule has 2 unspecified atom stereocenters. The predicted octanol–water partition coefficient (Wildman–Crippen LogP) is 1.13. The summed E-state index contributed by atoms with van der Waals surface area (Å²) in [5.74, 6) is 0. The minimum absolute atomic E-state index is 0.0582. The molecule has 2 aliphatic rings. The van der Waals surface area contributed by atoms with Gasteiger partial charge in [0.1, 0.15) is 0 Å². The van der Waals surface area contributed by atoms with Crippen LogP contribution < -0.4 is 5.32 Å². The zero-order valence-electron chi connectivity index (χ0n) is 12.5. The normalized spacial score (nSPS) is 27.3. The van der Waals surface area contributed by atoms with Gasteiger partial charge >= 0.3 is 0 Å². The van der Waals surface area contributed by atoms with Crippen LogP contribution in [-0.4, -0.2) is 44.6 Å². The van der Waals surface area contributed by atoms with Gasteiger partial charge in [0.25, 0.3) is 0 Å². The first-order valence-electron chi connectivity index (χ1n) is 7.45. The third-order valence-electron chi connectivity index (χ3n) is 4.23. The van der Waals surface area contributed by atoms with E-state index in [1.165, 1.54) is 0 Å². The Morgan fingerprint density at radius 3 is 2.95 bits per heavy atom. The smallest absolute Gasteiger partial charge is 0.243 e. The molecule has 1 saturated heterocycles. The molecule has 2 atom stereocenters. The average Bonchev–Trinajstić information content (AvgIpc) is 2.49. The topological polar surface area (TPSA) is 58.6 Å². The van der Waals surface area contributed by atoms with Crippen LogP contribution in [-0.2, 0) is 27.7 Å². The van der Waals surface area contributed by atoms with Crippen molar-refractivity contribution in [2.75, 3.05) is 19.7 Å². The van der Waals surface area contributed by atoms with Gasteiger partial charge in [0.15, 0.2) is 0 Å². The van der Waals surface area contributed by atoms with E-state index in [2.05, 4.69) is 5.32 Å². The standard InChI is InChI=1S/C15H22N2O3S/c1-11-10-20-12(2)9-17(11)21(18,19)15-5-3-4-13-8-16-7-6-14(13)15/h3-5,11-12,16H,6-10H2,1-2H3. The fourth-order valence-corrected chi connectivity index (χ4v) is 5.06. The molecule has 0 radical (unpaired) electrons. The predicted molar refractivity (Wildman–Crippen MR) is 80.6 cm³/mol. The van der Waals surface area contributed by atoms with E-state index in [9.17, 15) is 8.42 Å². The molecular weight excluding hydrogens is 288 g/mol. The second kappa shape index (κ2) is 5.68. The van der Waals surface area contributed by atoms with Crippen LogP contribution in [0.25, 0.3) is 0 Å². The second-order valence-corrected chi connectivity index (χ2v) is 7.75. The van der Waals surface area contributed by atoms with E-state index in [0.29, 0.717) is 18.0 Å². The molecule has 3 rings (SSSR count). The number of hydrogen-bond donors (Lipinski definition) is 1. The van der Waals surface area contributed by atoms with E-state index in [0.717, 1.165) is 30.6 Å². The number of fused-ring (bicyclic) bond motifs is 1. The largest absolute Gasteiger partial charge is 0.375 e. The Morgan fingerprint density at radius 1 is 1.33 bits per heavy atom. The van der Waals surface area contributed by atoms with Crippen molar-refractivity contribution in [1.29, 1.82) is 0 Å². The summed E-state index contributed by atoms with van der Waals surface area (Å²) in [5, 5.41) is 3.29. The Kier molecular flexibility index (Phi) is 4.05. The fraction of sp³-hybridized carbons (Fsp3) is 0.600. The Bertz CT molecular complexity index is 630. The number of nitrogens with one attached hydrogen (secondary N) is 1. The van der Waals surface area contributed by atoms with E-state index in [-0.39, 0.29) is 12.1 Å². The zero-order valence-corrected chi connectivity index (χ0v) is 13.3. The third kappa shape index (κ3) is 2.73. The minimum atomic E-state index is -3.46. The van der Waals surface area contributed by atoms with Crippen LogP contribution in [0.2, 0.25) is 0 Å². The first-order chi connectivity index (χ1) is 10.00. The van der Waals surface area contributed by atoms with E-state index < -0.39 is 10.0 Å². The van der Waals surface area contributed by atoms with E-state index >= 15 is 0 Å². The molecule has 1 aromatic carbocycles. The lowest BCUT2D eigenvalue weighted by atomic mass is 10.0. The number of hydrogen-bond acceptors (Lipinski definition) is 4. The van der Waals surface area contributed by atoms with Crippen LogP contribution >= 0.6 is 0 Å². The van der Waals surface area contributed by atoms with Crippen molar-refractivity contribution >= 4 is 10.0 Å². The zero-order chi connectivity index (χ0) is 15.0. The number of rotatable bonds is 2. The van der Waals surface area contributed by atoms with Crippen LogP contribution in [0.3, 0.4) is 0 Å². The highest BCUT2D eigenvalue weighted by Crippen LogP contribution is 2.28. The van der Waals surface area contributed by atoms with Gasteiger partial charge in [-0.2, -0.15) is 4.31 Å². The van der Waals surface area contributed by atoms with Gasteiger partial charge in [0, 0.05) is 19.1 Å². The molecule has 0 spiro atoms. The Hall–Kier alpha value is -0.950. The van der Waals surface area contributed by atoms with Gasteiger partial charge in [-0.25, -0.2) is 8.42 Å². The molecule has 5 nitrogen and oxygen atoms in total. The number of benzene rings is 1. The van der Waals surface area contributed by atoms with Gasteiger partial charge in [-0.05, 0) is 44.0 Å². The average molecular weight is 310 g/mol. The van der Waals surface area contributed by atoms with Gasteiger partial charge in [0.05, 0.1) is 17.6 Å². The van der Waals surface area contributed by atoms with E-state index in [1.54, 1.807) is 10.4 Å². The lowest BCUT2D eigenvalue weighted by Gasteiger charge is -2.36. The van der Waals surface area contributed by atoms with Gasteiger partial charge in [-0.1, -0.05) is 12.1 Å². The number of morpholine rings is 1. The van der Waals surface area contributed by atoms with Gasteiger partial charge < -0.3 is 10.1 Å². The maximum Gasteiger partial charge on any atom is 0.243 e. The molecule has 6 heteroatoms. The molecule has 2 aliphatic heterocycles. The summed E-state index contributed by atoms with van der Waals surface area (Å²) in [6.45, 7) is 6.27. The highest BCUT2D eigenvalue weighted by atomic mass is 32.2. The summed E-state index contributed by atoms with van der Waals surface area (Å²) in [7, 11) is -3.46.